The van der Waals surface area contributed by atoms with E-state index >= 15 is 0 Å². The molecule has 5 nitrogen and oxygen atoms in total. The van der Waals surface area contributed by atoms with Gasteiger partial charge < -0.3 is 20.5 Å². The minimum atomic E-state index is -0.388. The molecule has 3 N–H and O–H groups in total. The number of nitrogens with two attached hydrogens (primary N) is 1. The van der Waals surface area contributed by atoms with Gasteiger partial charge in [0.1, 0.15) is 5.75 Å². The number of aromatic hydroxyl groups is 1. The predicted molar refractivity (Wildman–Crippen MR) is 64.6 cm³/mol. The summed E-state index contributed by atoms with van der Waals surface area (Å²) in [7, 11) is 0. The normalized spacial score (nSPS) is 10.0. The number of rotatable bonds is 5. The number of benzene rings is 1. The Labute approximate surface area is 101 Å². The molecule has 17 heavy (non-hydrogen) atoms. The summed E-state index contributed by atoms with van der Waals surface area (Å²) >= 11 is 0. The van der Waals surface area contributed by atoms with Crippen LogP contribution >= 0.6 is 0 Å². The quantitative estimate of drug-likeness (QED) is 0.811. The number of amides is 1. The Morgan fingerprint density at radius 1 is 1.53 bits per heavy atom. The molecule has 94 valence electrons. The fourth-order valence-corrected chi connectivity index (χ4v) is 1.48. The van der Waals surface area contributed by atoms with E-state index in [1.165, 1.54) is 4.90 Å². The molecule has 1 amide bonds. The number of carbonyl (C=O) groups is 1. The molecule has 0 heterocycles. The van der Waals surface area contributed by atoms with E-state index in [0.29, 0.717) is 26.2 Å². The number of hydrogen-bond acceptors (Lipinski definition) is 4. The van der Waals surface area contributed by atoms with Gasteiger partial charge in [-0.3, -0.25) is 0 Å². The molecule has 0 bridgehead atoms. The van der Waals surface area contributed by atoms with Crippen LogP contribution in [0.3, 0.4) is 0 Å². The van der Waals surface area contributed by atoms with Crippen LogP contribution < -0.4 is 5.73 Å². The van der Waals surface area contributed by atoms with E-state index in [1.807, 2.05) is 6.07 Å². The van der Waals surface area contributed by atoms with Gasteiger partial charge in [0.05, 0.1) is 6.61 Å². The van der Waals surface area contributed by atoms with E-state index in [-0.39, 0.29) is 11.8 Å². The van der Waals surface area contributed by atoms with Crippen molar-refractivity contribution in [2.45, 2.75) is 13.5 Å². The highest BCUT2D eigenvalue weighted by atomic mass is 16.6. The Morgan fingerprint density at radius 3 is 2.88 bits per heavy atom. The molecule has 1 aromatic carbocycles. The molecular formula is C12H18N2O3. The first-order chi connectivity index (χ1) is 8.17. The highest BCUT2D eigenvalue weighted by Crippen LogP contribution is 2.13. The summed E-state index contributed by atoms with van der Waals surface area (Å²) in [4.78, 5) is 13.1. The zero-order valence-corrected chi connectivity index (χ0v) is 9.93. The Balaban J connectivity index is 2.69. The van der Waals surface area contributed by atoms with Gasteiger partial charge in [-0.15, -0.1) is 0 Å². The van der Waals surface area contributed by atoms with Crippen LogP contribution in [-0.4, -0.2) is 35.8 Å². The standard InChI is InChI=1S/C12H18N2O3/c1-2-17-12(16)14(7-6-13)9-10-4-3-5-11(15)8-10/h3-5,8,15H,2,6-7,9,13H2,1H3. The molecule has 0 aliphatic rings. The fourth-order valence-electron chi connectivity index (χ4n) is 1.48. The molecule has 1 rings (SSSR count). The van der Waals surface area contributed by atoms with Gasteiger partial charge in [0.25, 0.3) is 0 Å². The lowest BCUT2D eigenvalue weighted by molar-refractivity contribution is 0.106. The van der Waals surface area contributed by atoms with Crippen LogP contribution in [0, 0.1) is 0 Å². The largest absolute Gasteiger partial charge is 0.508 e. The van der Waals surface area contributed by atoms with Crippen LogP contribution in [0.2, 0.25) is 0 Å². The molecular weight excluding hydrogens is 220 g/mol. The van der Waals surface area contributed by atoms with Crippen LogP contribution in [0.4, 0.5) is 4.79 Å². The van der Waals surface area contributed by atoms with E-state index in [9.17, 15) is 9.90 Å². The van der Waals surface area contributed by atoms with Crippen molar-refractivity contribution in [3.8, 4) is 5.75 Å². The molecule has 0 unspecified atom stereocenters. The first-order valence-corrected chi connectivity index (χ1v) is 5.57. The van der Waals surface area contributed by atoms with Crippen molar-refractivity contribution >= 4 is 6.09 Å². The van der Waals surface area contributed by atoms with Crippen molar-refractivity contribution < 1.29 is 14.6 Å². The van der Waals surface area contributed by atoms with Gasteiger partial charge in [0.15, 0.2) is 0 Å². The van der Waals surface area contributed by atoms with Crippen LogP contribution in [-0.2, 0) is 11.3 Å². The van der Waals surface area contributed by atoms with Crippen molar-refractivity contribution in [3.05, 3.63) is 29.8 Å². The van der Waals surface area contributed by atoms with Crippen molar-refractivity contribution in [1.82, 2.24) is 4.90 Å². The van der Waals surface area contributed by atoms with Gasteiger partial charge in [0.2, 0.25) is 0 Å². The topological polar surface area (TPSA) is 75.8 Å². The van der Waals surface area contributed by atoms with E-state index in [1.54, 1.807) is 25.1 Å². The average Bonchev–Trinajstić information content (AvgIpc) is 2.29. The summed E-state index contributed by atoms with van der Waals surface area (Å²) in [6.45, 7) is 3.27. The highest BCUT2D eigenvalue weighted by molar-refractivity contribution is 5.67. The van der Waals surface area contributed by atoms with Crippen LogP contribution in [0.25, 0.3) is 0 Å². The molecule has 0 fully saturated rings. The van der Waals surface area contributed by atoms with Crippen LogP contribution in [0.15, 0.2) is 24.3 Å². The van der Waals surface area contributed by atoms with Crippen LogP contribution in [0.5, 0.6) is 5.75 Å². The first-order valence-electron chi connectivity index (χ1n) is 5.57. The summed E-state index contributed by atoms with van der Waals surface area (Å²) < 4.78 is 4.93. The number of phenols is 1. The lowest BCUT2D eigenvalue weighted by Crippen LogP contribution is -2.35. The Hall–Kier alpha value is -1.75. The average molecular weight is 238 g/mol. The third kappa shape index (κ3) is 4.32. The maximum absolute atomic E-state index is 11.6. The van der Waals surface area contributed by atoms with E-state index in [0.717, 1.165) is 5.56 Å². The molecule has 0 aromatic heterocycles. The van der Waals surface area contributed by atoms with Crippen molar-refractivity contribution in [2.75, 3.05) is 19.7 Å². The lowest BCUT2D eigenvalue weighted by Gasteiger charge is -2.21. The summed E-state index contributed by atoms with van der Waals surface area (Å²) in [6, 6.07) is 6.77. The second-order valence-corrected chi connectivity index (χ2v) is 3.58. The molecule has 5 heteroatoms. The number of carbonyl (C=O) groups excluding carboxylic acids is 1. The second-order valence-electron chi connectivity index (χ2n) is 3.58. The van der Waals surface area contributed by atoms with Gasteiger partial charge in [-0.25, -0.2) is 4.79 Å². The van der Waals surface area contributed by atoms with Gasteiger partial charge in [-0.2, -0.15) is 0 Å². The maximum atomic E-state index is 11.6. The molecule has 0 spiro atoms. The Morgan fingerprint density at radius 2 is 2.29 bits per heavy atom. The lowest BCUT2D eigenvalue weighted by atomic mass is 10.2. The fraction of sp³-hybridized carbons (Fsp3) is 0.417. The van der Waals surface area contributed by atoms with Crippen LogP contribution in [0.1, 0.15) is 12.5 Å². The monoisotopic (exact) mass is 238 g/mol. The van der Waals surface area contributed by atoms with E-state index in [4.69, 9.17) is 10.5 Å². The summed E-state index contributed by atoms with van der Waals surface area (Å²) in [5.74, 6) is 0.180. The van der Waals surface area contributed by atoms with E-state index in [2.05, 4.69) is 0 Å². The van der Waals surface area contributed by atoms with Crippen molar-refractivity contribution in [3.63, 3.8) is 0 Å². The number of nitrogens with zero attached hydrogens (tertiary/aromatic N) is 1. The molecule has 0 aliphatic carbocycles. The predicted octanol–water partition coefficient (Wildman–Crippen LogP) is 1.31. The minimum absolute atomic E-state index is 0.180. The zero-order valence-electron chi connectivity index (χ0n) is 9.93. The number of phenolic OH excluding ortho intramolecular Hbond substituents is 1. The van der Waals surface area contributed by atoms with Crippen molar-refractivity contribution in [2.24, 2.45) is 5.73 Å². The SMILES string of the molecule is CCOC(=O)N(CCN)Cc1cccc(O)c1. The van der Waals surface area contributed by atoms with Gasteiger partial charge in [-0.05, 0) is 24.6 Å². The first kappa shape index (κ1) is 13.3. The van der Waals surface area contributed by atoms with Crippen molar-refractivity contribution in [1.29, 1.82) is 0 Å². The summed E-state index contributed by atoms with van der Waals surface area (Å²) in [6.07, 6.45) is -0.388. The second kappa shape index (κ2) is 6.75. The zero-order chi connectivity index (χ0) is 12.7. The smallest absolute Gasteiger partial charge is 0.410 e. The Kier molecular flexibility index (Phi) is 5.29. The van der Waals surface area contributed by atoms with Gasteiger partial charge >= 0.3 is 6.09 Å². The Bertz CT molecular complexity index is 369. The molecule has 0 saturated heterocycles. The van der Waals surface area contributed by atoms with Gasteiger partial charge in [-0.1, -0.05) is 12.1 Å². The maximum Gasteiger partial charge on any atom is 0.410 e. The minimum Gasteiger partial charge on any atom is -0.508 e. The highest BCUT2D eigenvalue weighted by Gasteiger charge is 2.14. The molecule has 0 atom stereocenters. The summed E-state index contributed by atoms with van der Waals surface area (Å²) in [5, 5.41) is 9.34. The number of ether oxygens (including phenoxy) is 1. The van der Waals surface area contributed by atoms with Gasteiger partial charge in [0, 0.05) is 19.6 Å². The third-order valence-corrected chi connectivity index (χ3v) is 2.21. The molecule has 0 saturated carbocycles. The summed E-state index contributed by atoms with van der Waals surface area (Å²) in [5.41, 5.74) is 6.29. The van der Waals surface area contributed by atoms with E-state index < -0.39 is 0 Å². The molecule has 0 radical (unpaired) electrons. The molecule has 1 aromatic rings. The number of hydrogen-bond donors (Lipinski definition) is 2. The third-order valence-electron chi connectivity index (χ3n) is 2.21. The molecule has 0 aliphatic heterocycles.